The zero-order valence-electron chi connectivity index (χ0n) is 9.39. The van der Waals surface area contributed by atoms with Gasteiger partial charge in [0.2, 0.25) is 0 Å². The molecule has 1 fully saturated rings. The molecule has 90 valence electrons. The average molecular weight is 266 g/mol. The van der Waals surface area contributed by atoms with E-state index in [4.69, 9.17) is 15.5 Å². The van der Waals surface area contributed by atoms with Gasteiger partial charge < -0.3 is 10.5 Å². The van der Waals surface area contributed by atoms with Gasteiger partial charge in [-0.15, -0.1) is 11.3 Å². The fourth-order valence-electron chi connectivity index (χ4n) is 2.01. The normalized spacial score (nSPS) is 19.4. The molecule has 0 amide bonds. The maximum atomic E-state index is 6.41. The fourth-order valence-corrected chi connectivity index (χ4v) is 3.65. The monoisotopic (exact) mass is 266 g/mol. The van der Waals surface area contributed by atoms with Crippen LogP contribution in [0, 0.1) is 0 Å². The maximum absolute atomic E-state index is 6.41. The van der Waals surface area contributed by atoms with E-state index in [2.05, 4.69) is 22.2 Å². The number of hydrogen-bond acceptors (Lipinski definition) is 5. The van der Waals surface area contributed by atoms with Crippen LogP contribution in [-0.4, -0.2) is 18.2 Å². The van der Waals surface area contributed by atoms with E-state index in [1.54, 1.807) is 22.7 Å². The lowest BCUT2D eigenvalue weighted by molar-refractivity contribution is 0.0510. The lowest BCUT2D eigenvalue weighted by Crippen LogP contribution is -2.42. The van der Waals surface area contributed by atoms with Crippen LogP contribution in [0.15, 0.2) is 22.2 Å². The smallest absolute Gasteiger partial charge is 0.124 e. The van der Waals surface area contributed by atoms with Crippen molar-refractivity contribution < 1.29 is 4.74 Å². The van der Waals surface area contributed by atoms with Crippen LogP contribution in [0.2, 0.25) is 0 Å². The second kappa shape index (κ2) is 4.49. The van der Waals surface area contributed by atoms with E-state index in [0.29, 0.717) is 0 Å². The highest BCUT2D eigenvalue weighted by molar-refractivity contribution is 7.14. The van der Waals surface area contributed by atoms with Crippen LogP contribution in [0.25, 0.3) is 10.6 Å². The van der Waals surface area contributed by atoms with Gasteiger partial charge in [0, 0.05) is 29.5 Å². The molecular formula is C12H14N2OS2. The molecule has 0 atom stereocenters. The standard InChI is InChI=1S/C12H14N2OS2/c13-12(2-4-15-5-3-12)10-8-17-11(14-10)9-1-6-16-7-9/h1,6-8H,2-5,13H2. The summed E-state index contributed by atoms with van der Waals surface area (Å²) in [7, 11) is 0. The van der Waals surface area contributed by atoms with Crippen molar-refractivity contribution in [3.63, 3.8) is 0 Å². The number of thiophene rings is 1. The van der Waals surface area contributed by atoms with E-state index in [1.165, 1.54) is 5.56 Å². The van der Waals surface area contributed by atoms with Crippen LogP contribution >= 0.6 is 22.7 Å². The molecule has 1 aliphatic heterocycles. The number of hydrogen-bond donors (Lipinski definition) is 1. The Kier molecular flexibility index (Phi) is 3.00. The number of nitrogens with two attached hydrogens (primary N) is 1. The van der Waals surface area contributed by atoms with E-state index >= 15 is 0 Å². The zero-order chi connectivity index (χ0) is 11.7. The zero-order valence-corrected chi connectivity index (χ0v) is 11.0. The first-order valence-electron chi connectivity index (χ1n) is 5.63. The minimum Gasteiger partial charge on any atom is -0.381 e. The predicted molar refractivity (Wildman–Crippen MR) is 71.3 cm³/mol. The van der Waals surface area contributed by atoms with Gasteiger partial charge in [0.25, 0.3) is 0 Å². The molecular weight excluding hydrogens is 252 g/mol. The van der Waals surface area contributed by atoms with Crippen LogP contribution in [-0.2, 0) is 10.3 Å². The summed E-state index contributed by atoms with van der Waals surface area (Å²) in [6, 6.07) is 2.10. The summed E-state index contributed by atoms with van der Waals surface area (Å²) in [5.41, 5.74) is 8.34. The van der Waals surface area contributed by atoms with Gasteiger partial charge in [-0.1, -0.05) is 0 Å². The van der Waals surface area contributed by atoms with Gasteiger partial charge in [-0.3, -0.25) is 0 Å². The molecule has 2 aromatic heterocycles. The van der Waals surface area contributed by atoms with E-state index < -0.39 is 0 Å². The molecule has 0 spiro atoms. The predicted octanol–water partition coefficient (Wildman–Crippen LogP) is 2.84. The Morgan fingerprint density at radius 3 is 2.82 bits per heavy atom. The second-order valence-corrected chi connectivity index (χ2v) is 5.96. The molecule has 2 aromatic rings. The summed E-state index contributed by atoms with van der Waals surface area (Å²) in [4.78, 5) is 4.69. The van der Waals surface area contributed by atoms with Gasteiger partial charge in [0.05, 0.1) is 11.2 Å². The van der Waals surface area contributed by atoms with Crippen molar-refractivity contribution in [1.82, 2.24) is 4.98 Å². The molecule has 3 rings (SSSR count). The third-order valence-corrected chi connectivity index (χ3v) is 4.74. The van der Waals surface area contributed by atoms with Crippen molar-refractivity contribution >= 4 is 22.7 Å². The molecule has 2 N–H and O–H groups in total. The van der Waals surface area contributed by atoms with Crippen molar-refractivity contribution in [1.29, 1.82) is 0 Å². The summed E-state index contributed by atoms with van der Waals surface area (Å²) < 4.78 is 5.36. The lowest BCUT2D eigenvalue weighted by Gasteiger charge is -2.31. The molecule has 1 saturated heterocycles. The molecule has 3 heterocycles. The Balaban J connectivity index is 1.89. The molecule has 17 heavy (non-hydrogen) atoms. The average Bonchev–Trinajstić information content (AvgIpc) is 3.01. The van der Waals surface area contributed by atoms with Gasteiger partial charge in [-0.05, 0) is 24.3 Å². The third-order valence-electron chi connectivity index (χ3n) is 3.17. The van der Waals surface area contributed by atoms with Gasteiger partial charge in [-0.25, -0.2) is 4.98 Å². The third kappa shape index (κ3) is 2.15. The van der Waals surface area contributed by atoms with Gasteiger partial charge in [-0.2, -0.15) is 11.3 Å². The molecule has 0 aliphatic carbocycles. The van der Waals surface area contributed by atoms with Crippen molar-refractivity contribution in [2.75, 3.05) is 13.2 Å². The molecule has 1 aliphatic rings. The highest BCUT2D eigenvalue weighted by atomic mass is 32.1. The topological polar surface area (TPSA) is 48.1 Å². The summed E-state index contributed by atoms with van der Waals surface area (Å²) in [5, 5.41) is 7.36. The van der Waals surface area contributed by atoms with Gasteiger partial charge in [0.15, 0.2) is 0 Å². The molecule has 3 nitrogen and oxygen atoms in total. The van der Waals surface area contributed by atoms with Crippen molar-refractivity contribution in [3.8, 4) is 10.6 Å². The molecule has 5 heteroatoms. The van der Waals surface area contributed by atoms with E-state index in [1.807, 2.05) is 0 Å². The Morgan fingerprint density at radius 2 is 2.12 bits per heavy atom. The highest BCUT2D eigenvalue weighted by Crippen LogP contribution is 2.33. The molecule has 0 unspecified atom stereocenters. The van der Waals surface area contributed by atoms with E-state index in [9.17, 15) is 0 Å². The van der Waals surface area contributed by atoms with E-state index in [-0.39, 0.29) is 5.54 Å². The van der Waals surface area contributed by atoms with Crippen molar-refractivity contribution in [2.24, 2.45) is 5.73 Å². The lowest BCUT2D eigenvalue weighted by atomic mass is 9.88. The van der Waals surface area contributed by atoms with Gasteiger partial charge in [0.1, 0.15) is 5.01 Å². The maximum Gasteiger partial charge on any atom is 0.124 e. The van der Waals surface area contributed by atoms with Crippen LogP contribution < -0.4 is 5.73 Å². The molecule has 0 radical (unpaired) electrons. The first-order chi connectivity index (χ1) is 8.28. The molecule has 0 aromatic carbocycles. The largest absolute Gasteiger partial charge is 0.381 e. The Bertz CT molecular complexity index is 486. The van der Waals surface area contributed by atoms with E-state index in [0.717, 1.165) is 36.8 Å². The van der Waals surface area contributed by atoms with Crippen LogP contribution in [0.1, 0.15) is 18.5 Å². The number of ether oxygens (including phenoxy) is 1. The summed E-state index contributed by atoms with van der Waals surface area (Å²) in [6.45, 7) is 1.48. The number of aromatic nitrogens is 1. The number of nitrogens with zero attached hydrogens (tertiary/aromatic N) is 1. The Labute approximate surface area is 108 Å². The van der Waals surface area contributed by atoms with Crippen LogP contribution in [0.5, 0.6) is 0 Å². The first kappa shape index (κ1) is 11.3. The quantitative estimate of drug-likeness (QED) is 0.909. The SMILES string of the molecule is NC1(c2csc(-c3ccsc3)n2)CCOCC1. The minimum atomic E-state index is -0.289. The first-order valence-corrected chi connectivity index (χ1v) is 7.45. The second-order valence-electron chi connectivity index (χ2n) is 4.32. The van der Waals surface area contributed by atoms with Crippen LogP contribution in [0.4, 0.5) is 0 Å². The fraction of sp³-hybridized carbons (Fsp3) is 0.417. The Morgan fingerprint density at radius 1 is 1.29 bits per heavy atom. The number of thiazole rings is 1. The molecule has 0 bridgehead atoms. The van der Waals surface area contributed by atoms with Crippen molar-refractivity contribution in [2.45, 2.75) is 18.4 Å². The van der Waals surface area contributed by atoms with Gasteiger partial charge >= 0.3 is 0 Å². The molecule has 0 saturated carbocycles. The summed E-state index contributed by atoms with van der Waals surface area (Å²) >= 11 is 3.37. The summed E-state index contributed by atoms with van der Waals surface area (Å²) in [5.74, 6) is 0. The highest BCUT2D eigenvalue weighted by Gasteiger charge is 2.32. The number of rotatable bonds is 2. The van der Waals surface area contributed by atoms with Crippen LogP contribution in [0.3, 0.4) is 0 Å². The van der Waals surface area contributed by atoms with Crippen molar-refractivity contribution in [3.05, 3.63) is 27.9 Å². The Hall–Kier alpha value is -0.750. The minimum absolute atomic E-state index is 0.289. The summed E-state index contributed by atoms with van der Waals surface area (Å²) in [6.07, 6.45) is 1.72.